The number of carbonyl (C=O) groups is 1. The van der Waals surface area contributed by atoms with E-state index in [9.17, 15) is 13.2 Å². The second-order valence-corrected chi connectivity index (χ2v) is 6.03. The third kappa shape index (κ3) is 4.25. The van der Waals surface area contributed by atoms with Crippen molar-refractivity contribution in [1.82, 2.24) is 9.03 Å². The highest BCUT2D eigenvalue weighted by molar-refractivity contribution is 7.87. The Balaban J connectivity index is 2.53. The van der Waals surface area contributed by atoms with Crippen molar-refractivity contribution in [3.8, 4) is 0 Å². The van der Waals surface area contributed by atoms with Crippen LogP contribution in [0.15, 0.2) is 0 Å². The molecule has 1 aliphatic rings. The van der Waals surface area contributed by atoms with Crippen molar-refractivity contribution in [3.63, 3.8) is 0 Å². The first-order chi connectivity index (χ1) is 7.97. The van der Waals surface area contributed by atoms with Crippen LogP contribution in [0.2, 0.25) is 0 Å². The third-order valence-corrected chi connectivity index (χ3v) is 4.66. The smallest absolute Gasteiger partial charge is 0.320 e. The molecule has 1 N–H and O–H groups in total. The van der Waals surface area contributed by atoms with E-state index in [2.05, 4.69) is 9.46 Å². The summed E-state index contributed by atoms with van der Waals surface area (Å²) < 4.78 is 31.7. The van der Waals surface area contributed by atoms with Gasteiger partial charge in [0.05, 0.1) is 7.11 Å². The normalized spacial score (nSPS) is 18.3. The van der Waals surface area contributed by atoms with Gasteiger partial charge < -0.3 is 4.74 Å². The molecule has 0 aromatic carbocycles. The standard InChI is InChI=1S/C10H20N2O4S/c1-12(9-6-4-3-5-7-9)17(14,15)11-8-10(13)16-2/h9,11H,3-8H2,1-2H3. The van der Waals surface area contributed by atoms with E-state index >= 15 is 0 Å². The van der Waals surface area contributed by atoms with E-state index in [4.69, 9.17) is 0 Å². The van der Waals surface area contributed by atoms with Crippen molar-refractivity contribution in [3.05, 3.63) is 0 Å². The maximum atomic E-state index is 11.9. The van der Waals surface area contributed by atoms with Gasteiger partial charge in [-0.05, 0) is 12.8 Å². The predicted octanol–water partition coefficient (Wildman–Crippen LogP) is 0.258. The topological polar surface area (TPSA) is 75.7 Å². The Labute approximate surface area is 102 Å². The van der Waals surface area contributed by atoms with Crippen LogP contribution in [-0.4, -0.2) is 45.4 Å². The van der Waals surface area contributed by atoms with E-state index in [1.165, 1.54) is 17.8 Å². The summed E-state index contributed by atoms with van der Waals surface area (Å²) in [6.45, 7) is -0.324. The van der Waals surface area contributed by atoms with Gasteiger partial charge in [-0.15, -0.1) is 0 Å². The Morgan fingerprint density at radius 2 is 1.94 bits per heavy atom. The molecule has 0 unspecified atom stereocenters. The lowest BCUT2D eigenvalue weighted by molar-refractivity contribution is -0.139. The predicted molar refractivity (Wildman–Crippen MR) is 63.6 cm³/mol. The fourth-order valence-electron chi connectivity index (χ4n) is 1.97. The second-order valence-electron chi connectivity index (χ2n) is 4.21. The number of methoxy groups -OCH3 is 1. The minimum Gasteiger partial charge on any atom is -0.468 e. The van der Waals surface area contributed by atoms with Crippen LogP contribution in [0.4, 0.5) is 0 Å². The molecular formula is C10H20N2O4S. The van der Waals surface area contributed by atoms with Gasteiger partial charge in [0.25, 0.3) is 10.2 Å². The molecule has 1 saturated carbocycles. The average molecular weight is 264 g/mol. The minimum atomic E-state index is -3.58. The van der Waals surface area contributed by atoms with Crippen molar-refractivity contribution in [1.29, 1.82) is 0 Å². The number of nitrogens with one attached hydrogen (secondary N) is 1. The van der Waals surface area contributed by atoms with E-state index < -0.39 is 16.2 Å². The zero-order valence-electron chi connectivity index (χ0n) is 10.3. The average Bonchev–Trinajstić information content (AvgIpc) is 2.36. The highest BCUT2D eigenvalue weighted by Crippen LogP contribution is 2.22. The SMILES string of the molecule is COC(=O)CNS(=O)(=O)N(C)C1CCCCC1. The molecule has 0 aromatic rings. The molecule has 7 heteroatoms. The summed E-state index contributed by atoms with van der Waals surface area (Å²) in [5, 5.41) is 0. The molecule has 0 aliphatic heterocycles. The van der Waals surface area contributed by atoms with Gasteiger partial charge in [0.2, 0.25) is 0 Å². The Hall–Kier alpha value is -0.660. The lowest BCUT2D eigenvalue weighted by Crippen LogP contribution is -2.46. The number of rotatable bonds is 5. The number of esters is 1. The van der Waals surface area contributed by atoms with Crippen LogP contribution in [0, 0.1) is 0 Å². The zero-order chi connectivity index (χ0) is 12.9. The van der Waals surface area contributed by atoms with Crippen molar-refractivity contribution in [2.45, 2.75) is 38.1 Å². The van der Waals surface area contributed by atoms with Gasteiger partial charge >= 0.3 is 5.97 Å². The summed E-state index contributed by atoms with van der Waals surface area (Å²) in [5.41, 5.74) is 0. The quantitative estimate of drug-likeness (QED) is 0.723. The summed E-state index contributed by atoms with van der Waals surface area (Å²) in [6.07, 6.45) is 5.05. The van der Waals surface area contributed by atoms with Gasteiger partial charge in [0.1, 0.15) is 6.54 Å². The summed E-state index contributed by atoms with van der Waals surface area (Å²) in [6, 6.07) is 0.0406. The maximum Gasteiger partial charge on any atom is 0.320 e. The molecule has 0 atom stereocenters. The summed E-state index contributed by atoms with van der Waals surface area (Å²) >= 11 is 0. The Morgan fingerprint density at radius 1 is 1.35 bits per heavy atom. The van der Waals surface area contributed by atoms with E-state index in [-0.39, 0.29) is 12.6 Å². The number of nitrogens with zero attached hydrogens (tertiary/aromatic N) is 1. The van der Waals surface area contributed by atoms with Crippen LogP contribution in [0.5, 0.6) is 0 Å². The molecule has 0 aromatic heterocycles. The van der Waals surface area contributed by atoms with Crippen LogP contribution in [0.1, 0.15) is 32.1 Å². The maximum absolute atomic E-state index is 11.9. The lowest BCUT2D eigenvalue weighted by Gasteiger charge is -2.30. The number of ether oxygens (including phenoxy) is 1. The van der Waals surface area contributed by atoms with Gasteiger partial charge in [-0.1, -0.05) is 19.3 Å². The van der Waals surface area contributed by atoms with E-state index in [0.717, 1.165) is 25.7 Å². The van der Waals surface area contributed by atoms with Crippen LogP contribution in [0.25, 0.3) is 0 Å². The molecular weight excluding hydrogens is 244 g/mol. The molecule has 1 aliphatic carbocycles. The fraction of sp³-hybridized carbons (Fsp3) is 0.900. The monoisotopic (exact) mass is 264 g/mol. The number of hydrogen-bond donors (Lipinski definition) is 1. The van der Waals surface area contributed by atoms with Crippen LogP contribution < -0.4 is 4.72 Å². The highest BCUT2D eigenvalue weighted by atomic mass is 32.2. The van der Waals surface area contributed by atoms with Crippen molar-refractivity contribution >= 4 is 16.2 Å². The Bertz CT molecular complexity index is 349. The summed E-state index contributed by atoms with van der Waals surface area (Å²) in [5.74, 6) is -0.592. The molecule has 6 nitrogen and oxygen atoms in total. The first-order valence-electron chi connectivity index (χ1n) is 5.77. The third-order valence-electron chi connectivity index (χ3n) is 3.09. The minimum absolute atomic E-state index is 0.0406. The zero-order valence-corrected chi connectivity index (χ0v) is 11.1. The number of carbonyl (C=O) groups excluding carboxylic acids is 1. The molecule has 1 rings (SSSR count). The molecule has 0 spiro atoms. The first-order valence-corrected chi connectivity index (χ1v) is 7.21. The van der Waals surface area contributed by atoms with Crippen LogP contribution in [0.3, 0.4) is 0 Å². The van der Waals surface area contributed by atoms with Gasteiger partial charge in [0.15, 0.2) is 0 Å². The fourth-order valence-corrected chi connectivity index (χ4v) is 3.07. The molecule has 0 saturated heterocycles. The Kier molecular flexibility index (Phi) is 5.35. The summed E-state index contributed by atoms with van der Waals surface area (Å²) in [4.78, 5) is 10.9. The second kappa shape index (κ2) is 6.32. The largest absolute Gasteiger partial charge is 0.468 e. The lowest BCUT2D eigenvalue weighted by atomic mass is 9.96. The van der Waals surface area contributed by atoms with Gasteiger partial charge in [-0.2, -0.15) is 17.4 Å². The van der Waals surface area contributed by atoms with Crippen molar-refractivity contribution in [2.24, 2.45) is 0 Å². The molecule has 1 fully saturated rings. The highest BCUT2D eigenvalue weighted by Gasteiger charge is 2.27. The van der Waals surface area contributed by atoms with Crippen LogP contribution >= 0.6 is 0 Å². The van der Waals surface area contributed by atoms with E-state index in [1.807, 2.05) is 0 Å². The molecule has 0 radical (unpaired) electrons. The molecule has 100 valence electrons. The van der Waals surface area contributed by atoms with Gasteiger partial charge in [-0.25, -0.2) is 0 Å². The van der Waals surface area contributed by atoms with Gasteiger partial charge in [0, 0.05) is 13.1 Å². The number of hydrogen-bond acceptors (Lipinski definition) is 4. The molecule has 0 bridgehead atoms. The molecule has 17 heavy (non-hydrogen) atoms. The van der Waals surface area contributed by atoms with Crippen molar-refractivity contribution < 1.29 is 17.9 Å². The van der Waals surface area contributed by atoms with E-state index in [0.29, 0.717) is 0 Å². The first kappa shape index (κ1) is 14.4. The molecule has 0 heterocycles. The summed E-state index contributed by atoms with van der Waals surface area (Å²) in [7, 11) is -0.808. The van der Waals surface area contributed by atoms with Crippen LogP contribution in [-0.2, 0) is 19.7 Å². The molecule has 0 amide bonds. The van der Waals surface area contributed by atoms with E-state index in [1.54, 1.807) is 7.05 Å². The Morgan fingerprint density at radius 3 is 2.47 bits per heavy atom. The van der Waals surface area contributed by atoms with Gasteiger partial charge in [-0.3, -0.25) is 4.79 Å². The van der Waals surface area contributed by atoms with Crippen molar-refractivity contribution in [2.75, 3.05) is 20.7 Å².